The van der Waals surface area contributed by atoms with Crippen LogP contribution in [0.25, 0.3) is 0 Å². The van der Waals surface area contributed by atoms with E-state index in [1.165, 1.54) is 0 Å². The van der Waals surface area contributed by atoms with Gasteiger partial charge in [0.15, 0.2) is 0 Å². The maximum atomic E-state index is 5.96. The number of rotatable bonds is 4. The maximum Gasteiger partial charge on any atom is 0.133 e. The predicted octanol–water partition coefficient (Wildman–Crippen LogP) is 4.01. The van der Waals surface area contributed by atoms with Crippen molar-refractivity contribution in [1.82, 2.24) is 4.98 Å². The van der Waals surface area contributed by atoms with E-state index in [4.69, 9.17) is 11.6 Å². The van der Waals surface area contributed by atoms with Crippen molar-refractivity contribution in [3.8, 4) is 0 Å². The minimum Gasteiger partial charge on any atom is -0.244 e. The molecular weight excluding hydrogens is 214 g/mol. The number of halogens is 1. The SMILES string of the molecule is CC(C)C(C)SCc1cccnc1Cl. The van der Waals surface area contributed by atoms with E-state index in [1.807, 2.05) is 23.9 Å². The Morgan fingerprint density at radius 2 is 2.14 bits per heavy atom. The van der Waals surface area contributed by atoms with Gasteiger partial charge in [-0.05, 0) is 17.5 Å². The highest BCUT2D eigenvalue weighted by Crippen LogP contribution is 2.25. The third-order valence-corrected chi connectivity index (χ3v) is 4.17. The fraction of sp³-hybridized carbons (Fsp3) is 0.545. The summed E-state index contributed by atoms with van der Waals surface area (Å²) in [7, 11) is 0. The van der Waals surface area contributed by atoms with E-state index in [9.17, 15) is 0 Å². The van der Waals surface area contributed by atoms with E-state index in [0.717, 1.165) is 11.3 Å². The van der Waals surface area contributed by atoms with Crippen molar-refractivity contribution in [3.05, 3.63) is 29.0 Å². The molecule has 0 saturated carbocycles. The Morgan fingerprint density at radius 3 is 2.71 bits per heavy atom. The summed E-state index contributed by atoms with van der Waals surface area (Å²) in [5.74, 6) is 1.65. The second kappa shape index (κ2) is 5.62. The summed E-state index contributed by atoms with van der Waals surface area (Å²) in [6, 6.07) is 3.97. The molecule has 1 nitrogen and oxygen atoms in total. The molecule has 0 aliphatic heterocycles. The van der Waals surface area contributed by atoms with E-state index in [0.29, 0.717) is 16.3 Å². The van der Waals surface area contributed by atoms with Crippen LogP contribution in [0.5, 0.6) is 0 Å². The minimum absolute atomic E-state index is 0.635. The van der Waals surface area contributed by atoms with Crippen molar-refractivity contribution in [2.45, 2.75) is 31.8 Å². The molecule has 0 bridgehead atoms. The molecule has 3 heteroatoms. The quantitative estimate of drug-likeness (QED) is 0.724. The van der Waals surface area contributed by atoms with Gasteiger partial charge in [0.1, 0.15) is 5.15 Å². The first-order chi connectivity index (χ1) is 6.61. The van der Waals surface area contributed by atoms with Gasteiger partial charge in [-0.1, -0.05) is 38.4 Å². The van der Waals surface area contributed by atoms with Gasteiger partial charge in [-0.3, -0.25) is 0 Å². The van der Waals surface area contributed by atoms with Gasteiger partial charge >= 0.3 is 0 Å². The summed E-state index contributed by atoms with van der Waals surface area (Å²) < 4.78 is 0. The van der Waals surface area contributed by atoms with E-state index in [2.05, 4.69) is 25.8 Å². The summed E-state index contributed by atoms with van der Waals surface area (Å²) in [5, 5.41) is 1.29. The standard InChI is InChI=1S/C11H16ClNS/c1-8(2)9(3)14-7-10-5-4-6-13-11(10)12/h4-6,8-9H,7H2,1-3H3. The second-order valence-electron chi connectivity index (χ2n) is 3.71. The smallest absolute Gasteiger partial charge is 0.133 e. The molecule has 0 radical (unpaired) electrons. The summed E-state index contributed by atoms with van der Waals surface area (Å²) in [6.07, 6.45) is 1.72. The topological polar surface area (TPSA) is 12.9 Å². The van der Waals surface area contributed by atoms with Crippen LogP contribution in [0.1, 0.15) is 26.3 Å². The Labute approximate surface area is 95.3 Å². The van der Waals surface area contributed by atoms with Gasteiger partial charge < -0.3 is 0 Å². The van der Waals surface area contributed by atoms with Crippen molar-refractivity contribution in [2.24, 2.45) is 5.92 Å². The lowest BCUT2D eigenvalue weighted by Gasteiger charge is -2.14. The molecule has 1 unspecified atom stereocenters. The normalized spacial score (nSPS) is 13.2. The lowest BCUT2D eigenvalue weighted by atomic mass is 10.2. The van der Waals surface area contributed by atoms with Gasteiger partial charge in [0, 0.05) is 17.2 Å². The summed E-state index contributed by atoms with van der Waals surface area (Å²) in [6.45, 7) is 6.73. The molecule has 0 amide bonds. The van der Waals surface area contributed by atoms with Crippen molar-refractivity contribution in [1.29, 1.82) is 0 Å². The van der Waals surface area contributed by atoms with Gasteiger partial charge in [0.05, 0.1) is 0 Å². The number of thioether (sulfide) groups is 1. The maximum absolute atomic E-state index is 5.96. The molecule has 1 heterocycles. The molecule has 0 spiro atoms. The third kappa shape index (κ3) is 3.50. The highest BCUT2D eigenvalue weighted by atomic mass is 35.5. The number of aromatic nitrogens is 1. The van der Waals surface area contributed by atoms with Crippen LogP contribution < -0.4 is 0 Å². The van der Waals surface area contributed by atoms with Gasteiger partial charge in [-0.15, -0.1) is 0 Å². The Morgan fingerprint density at radius 1 is 1.43 bits per heavy atom. The first-order valence-corrected chi connectivity index (χ1v) is 6.25. The lowest BCUT2D eigenvalue weighted by molar-refractivity contribution is 0.642. The van der Waals surface area contributed by atoms with Gasteiger partial charge in [-0.25, -0.2) is 4.98 Å². The summed E-state index contributed by atoms with van der Waals surface area (Å²) >= 11 is 7.89. The van der Waals surface area contributed by atoms with Crippen LogP contribution >= 0.6 is 23.4 Å². The Hall–Kier alpha value is -0.210. The van der Waals surface area contributed by atoms with Crippen LogP contribution in [0.2, 0.25) is 5.15 Å². The fourth-order valence-electron chi connectivity index (χ4n) is 0.941. The zero-order valence-corrected chi connectivity index (χ0v) is 10.4. The molecule has 1 aromatic rings. The first kappa shape index (κ1) is 11.9. The monoisotopic (exact) mass is 229 g/mol. The number of pyridine rings is 1. The van der Waals surface area contributed by atoms with Gasteiger partial charge in [0.2, 0.25) is 0 Å². The van der Waals surface area contributed by atoms with Crippen LogP contribution in [-0.2, 0) is 5.75 Å². The van der Waals surface area contributed by atoms with Crippen molar-refractivity contribution < 1.29 is 0 Å². The summed E-state index contributed by atoms with van der Waals surface area (Å²) in [4.78, 5) is 4.05. The van der Waals surface area contributed by atoms with E-state index >= 15 is 0 Å². The average Bonchev–Trinajstić information content (AvgIpc) is 2.16. The molecule has 14 heavy (non-hydrogen) atoms. The molecule has 0 aliphatic rings. The Kier molecular flexibility index (Phi) is 4.76. The largest absolute Gasteiger partial charge is 0.244 e. The first-order valence-electron chi connectivity index (χ1n) is 4.82. The zero-order chi connectivity index (χ0) is 10.6. The molecule has 0 fully saturated rings. The number of nitrogens with zero attached hydrogens (tertiary/aromatic N) is 1. The highest BCUT2D eigenvalue weighted by molar-refractivity contribution is 7.99. The predicted molar refractivity (Wildman–Crippen MR) is 64.8 cm³/mol. The molecule has 0 saturated heterocycles. The summed E-state index contributed by atoms with van der Waals surface area (Å²) in [5.41, 5.74) is 1.13. The van der Waals surface area contributed by atoms with E-state index < -0.39 is 0 Å². The fourth-order valence-corrected chi connectivity index (χ4v) is 2.27. The lowest BCUT2D eigenvalue weighted by Crippen LogP contribution is -2.05. The van der Waals surface area contributed by atoms with E-state index in [-0.39, 0.29) is 0 Å². The van der Waals surface area contributed by atoms with E-state index in [1.54, 1.807) is 6.20 Å². The van der Waals surface area contributed by atoms with Crippen LogP contribution in [0.3, 0.4) is 0 Å². The van der Waals surface area contributed by atoms with Crippen molar-refractivity contribution in [3.63, 3.8) is 0 Å². The Bertz CT molecular complexity index is 288. The molecular formula is C11H16ClNS. The minimum atomic E-state index is 0.635. The van der Waals surface area contributed by atoms with Gasteiger partial charge in [-0.2, -0.15) is 11.8 Å². The third-order valence-electron chi connectivity index (χ3n) is 2.28. The Balaban J connectivity index is 2.50. The molecule has 0 aliphatic carbocycles. The van der Waals surface area contributed by atoms with Crippen molar-refractivity contribution >= 4 is 23.4 Å². The molecule has 78 valence electrons. The van der Waals surface area contributed by atoms with Gasteiger partial charge in [0.25, 0.3) is 0 Å². The zero-order valence-electron chi connectivity index (χ0n) is 8.83. The second-order valence-corrected chi connectivity index (χ2v) is 5.44. The molecule has 1 aromatic heterocycles. The van der Waals surface area contributed by atoms with Crippen molar-refractivity contribution in [2.75, 3.05) is 0 Å². The molecule has 0 N–H and O–H groups in total. The van der Waals surface area contributed by atoms with Crippen LogP contribution in [0, 0.1) is 5.92 Å². The number of hydrogen-bond donors (Lipinski definition) is 0. The van der Waals surface area contributed by atoms with Crippen LogP contribution in [0.4, 0.5) is 0 Å². The van der Waals surface area contributed by atoms with Crippen LogP contribution in [0.15, 0.2) is 18.3 Å². The average molecular weight is 230 g/mol. The van der Waals surface area contributed by atoms with Crippen LogP contribution in [-0.4, -0.2) is 10.2 Å². The molecule has 1 atom stereocenters. The molecule has 1 rings (SSSR count). The highest BCUT2D eigenvalue weighted by Gasteiger charge is 2.08. The number of hydrogen-bond acceptors (Lipinski definition) is 2. The molecule has 0 aromatic carbocycles.